The molecule has 1 amide bonds. The number of carbonyl (C=O) groups excluding carboxylic acids is 2. The lowest BCUT2D eigenvalue weighted by Gasteiger charge is -2.64. The van der Waals surface area contributed by atoms with Crippen LogP contribution in [0.1, 0.15) is 62.9 Å². The number of carbonyl (C=O) groups is 2. The van der Waals surface area contributed by atoms with Crippen molar-refractivity contribution in [3.8, 4) is 5.75 Å². The standard InChI is InChI=1S/C24H33BClNO6/c1-6-20(28)27-19(10-14-8-7-9-16(21(14)30-5)22(29)31-13-26)25-32-18-12-15-11-17(23(15,2)3)24(18,4)33-25/h7-9,15,17-19H,6,10-13H2,1-5H3,(H,27,28). The average Bonchev–Trinajstić information content (AvgIpc) is 3.15. The minimum atomic E-state index is -0.589. The van der Waals surface area contributed by atoms with Crippen molar-refractivity contribution in [3.63, 3.8) is 0 Å². The lowest BCUT2D eigenvalue weighted by Crippen LogP contribution is -2.65. The lowest BCUT2D eigenvalue weighted by molar-refractivity contribution is -0.199. The first-order chi connectivity index (χ1) is 15.6. The Labute approximate surface area is 201 Å². The Morgan fingerprint density at radius 2 is 2.06 bits per heavy atom. The van der Waals surface area contributed by atoms with Crippen molar-refractivity contribution in [3.05, 3.63) is 29.3 Å². The molecule has 1 aromatic rings. The van der Waals surface area contributed by atoms with E-state index in [9.17, 15) is 9.59 Å². The van der Waals surface area contributed by atoms with Crippen molar-refractivity contribution in [2.75, 3.05) is 13.2 Å². The summed E-state index contributed by atoms with van der Waals surface area (Å²) in [5, 5.41) is 3.08. The van der Waals surface area contributed by atoms with Crippen LogP contribution >= 0.6 is 11.6 Å². The van der Waals surface area contributed by atoms with Gasteiger partial charge in [0.2, 0.25) is 5.91 Å². The number of para-hydroxylation sites is 1. The summed E-state index contributed by atoms with van der Waals surface area (Å²) >= 11 is 5.57. The molecule has 1 aliphatic heterocycles. The SMILES string of the molecule is CCC(=O)NC(Cc1cccc(C(=O)OCCl)c1OC)B1OC2CC3CC(C3(C)C)C2(C)O1. The molecule has 3 saturated carbocycles. The van der Waals surface area contributed by atoms with Gasteiger partial charge in [-0.15, -0.1) is 0 Å². The zero-order valence-electron chi connectivity index (χ0n) is 20.0. The average molecular weight is 478 g/mol. The molecule has 33 heavy (non-hydrogen) atoms. The fourth-order valence-electron chi connectivity index (χ4n) is 6.11. The number of ether oxygens (including phenoxy) is 2. The van der Waals surface area contributed by atoms with E-state index in [2.05, 4.69) is 26.1 Å². The molecule has 2 bridgehead atoms. The van der Waals surface area contributed by atoms with Crippen LogP contribution in [-0.2, 0) is 25.3 Å². The van der Waals surface area contributed by atoms with Crippen LogP contribution in [0, 0.1) is 17.3 Å². The molecule has 0 spiro atoms. The molecule has 4 aliphatic rings. The monoisotopic (exact) mass is 477 g/mol. The van der Waals surface area contributed by atoms with Crippen molar-refractivity contribution in [1.29, 1.82) is 0 Å². The highest BCUT2D eigenvalue weighted by Crippen LogP contribution is 2.65. The third-order valence-electron chi connectivity index (χ3n) is 8.11. The summed E-state index contributed by atoms with van der Waals surface area (Å²) < 4.78 is 23.6. The van der Waals surface area contributed by atoms with Crippen molar-refractivity contribution < 1.29 is 28.4 Å². The Hall–Kier alpha value is -1.77. The topological polar surface area (TPSA) is 83.1 Å². The summed E-state index contributed by atoms with van der Waals surface area (Å²) in [6.45, 7) is 8.60. The zero-order chi connectivity index (χ0) is 24.0. The molecule has 5 atom stereocenters. The third-order valence-corrected chi connectivity index (χ3v) is 8.22. The highest BCUT2D eigenvalue weighted by molar-refractivity contribution is 6.48. The van der Waals surface area contributed by atoms with E-state index in [1.807, 2.05) is 13.0 Å². The summed E-state index contributed by atoms with van der Waals surface area (Å²) in [4.78, 5) is 24.8. The molecular formula is C24H33BClNO6. The second-order valence-electron chi connectivity index (χ2n) is 10.1. The molecule has 180 valence electrons. The molecule has 1 heterocycles. The van der Waals surface area contributed by atoms with Gasteiger partial charge in [0.05, 0.1) is 24.8 Å². The van der Waals surface area contributed by atoms with Gasteiger partial charge in [0.15, 0.2) is 6.07 Å². The summed E-state index contributed by atoms with van der Waals surface area (Å²) in [6.07, 6.45) is 2.85. The smallest absolute Gasteiger partial charge is 0.482 e. The number of amides is 1. The summed E-state index contributed by atoms with van der Waals surface area (Å²) in [7, 11) is 0.914. The minimum absolute atomic E-state index is 0.00670. The molecule has 0 radical (unpaired) electrons. The lowest BCUT2D eigenvalue weighted by atomic mass is 9.43. The van der Waals surface area contributed by atoms with E-state index in [1.54, 1.807) is 12.1 Å². The first kappa shape index (κ1) is 24.4. The van der Waals surface area contributed by atoms with Gasteiger partial charge in [0.25, 0.3) is 0 Å². The van der Waals surface area contributed by atoms with Crippen molar-refractivity contribution in [2.45, 2.75) is 71.0 Å². The van der Waals surface area contributed by atoms with Crippen LogP contribution in [0.25, 0.3) is 0 Å². The predicted molar refractivity (Wildman–Crippen MR) is 125 cm³/mol. The molecule has 9 heteroatoms. The number of hydrogen-bond acceptors (Lipinski definition) is 6. The van der Waals surface area contributed by atoms with Crippen molar-refractivity contribution in [2.24, 2.45) is 17.3 Å². The van der Waals surface area contributed by atoms with Gasteiger partial charge in [-0.1, -0.05) is 44.5 Å². The van der Waals surface area contributed by atoms with E-state index in [0.29, 0.717) is 30.4 Å². The number of alkyl halides is 1. The summed E-state index contributed by atoms with van der Waals surface area (Å²) in [5.74, 6) is 0.364. The van der Waals surface area contributed by atoms with Crippen LogP contribution in [0.2, 0.25) is 0 Å². The second kappa shape index (κ2) is 9.12. The quantitative estimate of drug-likeness (QED) is 0.349. The largest absolute Gasteiger partial charge is 0.496 e. The van der Waals surface area contributed by atoms with Gasteiger partial charge >= 0.3 is 13.1 Å². The highest BCUT2D eigenvalue weighted by atomic mass is 35.5. The highest BCUT2D eigenvalue weighted by Gasteiger charge is 2.68. The van der Waals surface area contributed by atoms with Crippen LogP contribution in [0.5, 0.6) is 5.75 Å². The molecule has 7 nitrogen and oxygen atoms in total. The second-order valence-corrected chi connectivity index (χ2v) is 10.3. The number of nitrogens with one attached hydrogen (secondary N) is 1. The third kappa shape index (κ3) is 4.15. The van der Waals surface area contributed by atoms with Crippen molar-refractivity contribution in [1.82, 2.24) is 5.32 Å². The molecular weight excluding hydrogens is 445 g/mol. The number of esters is 1. The van der Waals surface area contributed by atoms with E-state index in [4.69, 9.17) is 30.4 Å². The summed E-state index contributed by atoms with van der Waals surface area (Å²) in [5.41, 5.74) is 0.882. The maximum atomic E-state index is 12.4. The molecule has 0 aromatic heterocycles. The molecule has 1 saturated heterocycles. The van der Waals surface area contributed by atoms with Crippen LogP contribution in [0.3, 0.4) is 0 Å². The van der Waals surface area contributed by atoms with Crippen molar-refractivity contribution >= 4 is 30.6 Å². The van der Waals surface area contributed by atoms with Gasteiger partial charge in [0.1, 0.15) is 11.3 Å². The number of halogens is 1. The van der Waals surface area contributed by atoms with Gasteiger partial charge < -0.3 is 24.1 Å². The first-order valence-corrected chi connectivity index (χ1v) is 12.2. The zero-order valence-corrected chi connectivity index (χ0v) is 20.7. The first-order valence-electron chi connectivity index (χ1n) is 11.7. The molecule has 3 aliphatic carbocycles. The maximum absolute atomic E-state index is 12.4. The van der Waals surface area contributed by atoms with E-state index >= 15 is 0 Å². The number of rotatable bonds is 8. The van der Waals surface area contributed by atoms with Crippen LogP contribution in [0.15, 0.2) is 18.2 Å². The number of benzene rings is 1. The normalized spacial score (nSPS) is 30.1. The van der Waals surface area contributed by atoms with Gasteiger partial charge in [-0.3, -0.25) is 4.79 Å². The van der Waals surface area contributed by atoms with Gasteiger partial charge in [-0.25, -0.2) is 4.79 Å². The van der Waals surface area contributed by atoms with Gasteiger partial charge in [-0.2, -0.15) is 0 Å². The fraction of sp³-hybridized carbons (Fsp3) is 0.667. The molecule has 5 unspecified atom stereocenters. The Morgan fingerprint density at radius 1 is 1.30 bits per heavy atom. The fourth-order valence-corrected chi connectivity index (χ4v) is 6.21. The predicted octanol–water partition coefficient (Wildman–Crippen LogP) is 3.75. The van der Waals surface area contributed by atoms with E-state index in [1.165, 1.54) is 7.11 Å². The minimum Gasteiger partial charge on any atom is -0.496 e. The van der Waals surface area contributed by atoms with Gasteiger partial charge in [0, 0.05) is 6.42 Å². The van der Waals surface area contributed by atoms with Crippen LogP contribution in [0.4, 0.5) is 0 Å². The number of methoxy groups -OCH3 is 1. The van der Waals surface area contributed by atoms with Crippen LogP contribution in [-0.4, -0.2) is 49.8 Å². The maximum Gasteiger partial charge on any atom is 0.482 e. The molecule has 5 rings (SSSR count). The Balaban J connectivity index is 1.60. The van der Waals surface area contributed by atoms with Gasteiger partial charge in [-0.05, 0) is 55.1 Å². The Bertz CT molecular complexity index is 926. The molecule has 1 N–H and O–H groups in total. The van der Waals surface area contributed by atoms with E-state index in [-0.39, 0.29) is 34.7 Å². The summed E-state index contributed by atoms with van der Waals surface area (Å²) in [6, 6.07) is 5.01. The van der Waals surface area contributed by atoms with E-state index in [0.717, 1.165) is 18.4 Å². The van der Waals surface area contributed by atoms with E-state index < -0.39 is 19.0 Å². The number of hydrogen-bond donors (Lipinski definition) is 1. The Morgan fingerprint density at radius 3 is 2.70 bits per heavy atom. The molecule has 4 fully saturated rings. The van der Waals surface area contributed by atoms with Crippen LogP contribution < -0.4 is 10.1 Å². The molecule has 1 aromatic carbocycles. The Kier molecular flexibility index (Phi) is 6.73.